The van der Waals surface area contributed by atoms with E-state index in [1.165, 1.54) is 12.5 Å². The van der Waals surface area contributed by atoms with Gasteiger partial charge in [0.1, 0.15) is 22.9 Å². The number of furan rings is 2. The van der Waals surface area contributed by atoms with Gasteiger partial charge in [-0.2, -0.15) is 10.2 Å². The van der Waals surface area contributed by atoms with E-state index in [0.717, 1.165) is 0 Å². The maximum Gasteiger partial charge on any atom is 0.240 e. The fourth-order valence-electron chi connectivity index (χ4n) is 1.71. The van der Waals surface area contributed by atoms with E-state index in [1.54, 1.807) is 38.1 Å². The first-order chi connectivity index (χ1) is 11.6. The summed E-state index contributed by atoms with van der Waals surface area (Å²) >= 11 is 0. The van der Waals surface area contributed by atoms with Crippen molar-refractivity contribution >= 4 is 23.2 Å². The van der Waals surface area contributed by atoms with E-state index in [1.807, 2.05) is 0 Å². The van der Waals surface area contributed by atoms with Gasteiger partial charge in [-0.3, -0.25) is 9.59 Å². The molecule has 2 aromatic heterocycles. The van der Waals surface area contributed by atoms with Crippen molar-refractivity contribution in [3.8, 4) is 0 Å². The lowest BCUT2D eigenvalue weighted by Crippen LogP contribution is -2.24. The van der Waals surface area contributed by atoms with E-state index >= 15 is 0 Å². The second-order valence-corrected chi connectivity index (χ2v) is 4.92. The fourth-order valence-corrected chi connectivity index (χ4v) is 1.71. The third-order valence-electron chi connectivity index (χ3n) is 3.03. The molecule has 2 heterocycles. The van der Waals surface area contributed by atoms with Gasteiger partial charge in [-0.05, 0) is 38.1 Å². The van der Waals surface area contributed by atoms with E-state index in [-0.39, 0.29) is 24.7 Å². The summed E-state index contributed by atoms with van der Waals surface area (Å²) in [7, 11) is 0. The van der Waals surface area contributed by atoms with Gasteiger partial charge in [0, 0.05) is 12.8 Å². The number of hydrazone groups is 2. The Kier molecular flexibility index (Phi) is 6.07. The maximum absolute atomic E-state index is 11.7. The predicted molar refractivity (Wildman–Crippen MR) is 87.4 cm³/mol. The SMILES string of the molecule is C/C(=N\NC(=O)CCC(=O)N/N=C(\C)c1ccco1)c1ccco1. The van der Waals surface area contributed by atoms with Gasteiger partial charge in [-0.25, -0.2) is 10.9 Å². The number of rotatable bonds is 7. The quantitative estimate of drug-likeness (QED) is 0.598. The smallest absolute Gasteiger partial charge is 0.240 e. The molecule has 0 spiro atoms. The number of hydrogen-bond acceptors (Lipinski definition) is 6. The molecule has 0 aromatic carbocycles. The fraction of sp³-hybridized carbons (Fsp3) is 0.250. The minimum atomic E-state index is -0.372. The van der Waals surface area contributed by atoms with Crippen LogP contribution in [-0.4, -0.2) is 23.2 Å². The Morgan fingerprint density at radius 1 is 0.875 bits per heavy atom. The summed E-state index contributed by atoms with van der Waals surface area (Å²) in [6.45, 7) is 3.41. The molecule has 0 saturated carbocycles. The Bertz CT molecular complexity index is 666. The first-order valence-electron chi connectivity index (χ1n) is 7.30. The Hall–Kier alpha value is -3.16. The van der Waals surface area contributed by atoms with Gasteiger partial charge in [0.15, 0.2) is 0 Å². The van der Waals surface area contributed by atoms with Crippen LogP contribution in [0.2, 0.25) is 0 Å². The minimum Gasteiger partial charge on any atom is -0.463 e. The molecule has 0 aliphatic rings. The summed E-state index contributed by atoms with van der Waals surface area (Å²) in [5, 5.41) is 7.81. The molecular formula is C16H18N4O4. The third kappa shape index (κ3) is 5.24. The second kappa shape index (κ2) is 8.47. The summed E-state index contributed by atoms with van der Waals surface area (Å²) in [5.41, 5.74) is 5.82. The first kappa shape index (κ1) is 17.2. The lowest BCUT2D eigenvalue weighted by atomic mass is 10.3. The highest BCUT2D eigenvalue weighted by molar-refractivity contribution is 5.97. The average Bonchev–Trinajstić information content (AvgIpc) is 3.28. The van der Waals surface area contributed by atoms with E-state index in [9.17, 15) is 9.59 Å². The highest BCUT2D eigenvalue weighted by atomic mass is 16.3. The van der Waals surface area contributed by atoms with Crippen molar-refractivity contribution in [3.05, 3.63) is 48.3 Å². The molecule has 0 fully saturated rings. The lowest BCUT2D eigenvalue weighted by molar-refractivity contribution is -0.126. The molecular weight excluding hydrogens is 312 g/mol. The summed E-state index contributed by atoms with van der Waals surface area (Å²) < 4.78 is 10.3. The van der Waals surface area contributed by atoms with Crippen LogP contribution in [0.25, 0.3) is 0 Å². The van der Waals surface area contributed by atoms with Crippen LogP contribution in [0.15, 0.2) is 55.8 Å². The van der Waals surface area contributed by atoms with Crippen molar-refractivity contribution in [2.24, 2.45) is 10.2 Å². The van der Waals surface area contributed by atoms with Crippen LogP contribution in [0.5, 0.6) is 0 Å². The Labute approximate surface area is 138 Å². The molecule has 0 radical (unpaired) electrons. The van der Waals surface area contributed by atoms with Crippen molar-refractivity contribution in [2.45, 2.75) is 26.7 Å². The van der Waals surface area contributed by atoms with Crippen LogP contribution in [0.4, 0.5) is 0 Å². The van der Waals surface area contributed by atoms with Crippen LogP contribution in [0.1, 0.15) is 38.2 Å². The zero-order valence-electron chi connectivity index (χ0n) is 13.4. The van der Waals surface area contributed by atoms with Gasteiger partial charge in [-0.1, -0.05) is 0 Å². The van der Waals surface area contributed by atoms with E-state index in [2.05, 4.69) is 21.1 Å². The lowest BCUT2D eigenvalue weighted by Gasteiger charge is -2.02. The van der Waals surface area contributed by atoms with Crippen LogP contribution >= 0.6 is 0 Å². The number of nitrogens with zero attached hydrogens (tertiary/aromatic N) is 2. The summed E-state index contributed by atoms with van der Waals surface area (Å²) in [5.74, 6) is 0.386. The molecule has 0 atom stereocenters. The highest BCUT2D eigenvalue weighted by Crippen LogP contribution is 2.02. The molecule has 0 saturated heterocycles. The number of carbonyl (C=O) groups is 2. The van der Waals surface area contributed by atoms with Gasteiger partial charge in [0.05, 0.1) is 12.5 Å². The van der Waals surface area contributed by atoms with Gasteiger partial charge in [0.2, 0.25) is 11.8 Å². The van der Waals surface area contributed by atoms with Crippen molar-refractivity contribution in [1.29, 1.82) is 0 Å². The zero-order valence-corrected chi connectivity index (χ0v) is 13.4. The van der Waals surface area contributed by atoms with Crippen molar-refractivity contribution in [1.82, 2.24) is 10.9 Å². The largest absolute Gasteiger partial charge is 0.463 e. The number of nitrogens with one attached hydrogen (secondary N) is 2. The molecule has 0 unspecified atom stereocenters. The van der Waals surface area contributed by atoms with Crippen molar-refractivity contribution < 1.29 is 18.4 Å². The van der Waals surface area contributed by atoms with Crippen LogP contribution in [0, 0.1) is 0 Å². The molecule has 0 aliphatic heterocycles. The molecule has 0 bridgehead atoms. The Morgan fingerprint density at radius 2 is 1.29 bits per heavy atom. The Morgan fingerprint density at radius 3 is 1.62 bits per heavy atom. The number of amides is 2. The van der Waals surface area contributed by atoms with Crippen LogP contribution in [-0.2, 0) is 9.59 Å². The standard InChI is InChI=1S/C16H18N4O4/c1-11(13-5-3-9-23-13)17-19-15(21)7-8-16(22)20-18-12(2)14-6-4-10-24-14/h3-6,9-10H,7-8H2,1-2H3,(H,19,21)(H,20,22)/b17-11+,18-12+. The van der Waals surface area contributed by atoms with Gasteiger partial charge in [-0.15, -0.1) is 0 Å². The topological polar surface area (TPSA) is 109 Å². The van der Waals surface area contributed by atoms with E-state index in [4.69, 9.17) is 8.83 Å². The molecule has 126 valence electrons. The molecule has 2 N–H and O–H groups in total. The number of hydrogen-bond donors (Lipinski definition) is 2. The molecule has 24 heavy (non-hydrogen) atoms. The van der Waals surface area contributed by atoms with Gasteiger partial charge in [0.25, 0.3) is 0 Å². The van der Waals surface area contributed by atoms with E-state index < -0.39 is 0 Å². The zero-order chi connectivity index (χ0) is 17.4. The Balaban J connectivity index is 1.72. The highest BCUT2D eigenvalue weighted by Gasteiger charge is 2.07. The van der Waals surface area contributed by atoms with Gasteiger partial charge >= 0.3 is 0 Å². The van der Waals surface area contributed by atoms with Crippen LogP contribution in [0.3, 0.4) is 0 Å². The second-order valence-electron chi connectivity index (χ2n) is 4.92. The van der Waals surface area contributed by atoms with Crippen molar-refractivity contribution in [2.75, 3.05) is 0 Å². The predicted octanol–water partition coefficient (Wildman–Crippen LogP) is 2.03. The summed E-state index contributed by atoms with van der Waals surface area (Å²) in [4.78, 5) is 23.3. The van der Waals surface area contributed by atoms with E-state index in [0.29, 0.717) is 22.9 Å². The number of carbonyl (C=O) groups excluding carboxylic acids is 2. The summed E-state index contributed by atoms with van der Waals surface area (Å²) in [6, 6.07) is 6.92. The minimum absolute atomic E-state index is 0.00388. The molecule has 8 nitrogen and oxygen atoms in total. The molecule has 8 heteroatoms. The first-order valence-corrected chi connectivity index (χ1v) is 7.30. The van der Waals surface area contributed by atoms with Crippen molar-refractivity contribution in [3.63, 3.8) is 0 Å². The molecule has 2 rings (SSSR count). The summed E-state index contributed by atoms with van der Waals surface area (Å²) in [6.07, 6.45) is 3.03. The third-order valence-corrected chi connectivity index (χ3v) is 3.03. The average molecular weight is 330 g/mol. The maximum atomic E-state index is 11.7. The molecule has 2 aromatic rings. The van der Waals surface area contributed by atoms with Crippen LogP contribution < -0.4 is 10.9 Å². The molecule has 2 amide bonds. The van der Waals surface area contributed by atoms with Gasteiger partial charge < -0.3 is 8.83 Å². The normalized spacial score (nSPS) is 12.1. The molecule has 0 aliphatic carbocycles. The monoisotopic (exact) mass is 330 g/mol.